The van der Waals surface area contributed by atoms with Gasteiger partial charge in [-0.3, -0.25) is 14.5 Å². The fourth-order valence-corrected chi connectivity index (χ4v) is 4.04. The third-order valence-electron chi connectivity index (χ3n) is 5.11. The van der Waals surface area contributed by atoms with Gasteiger partial charge in [0.05, 0.1) is 18.1 Å². The number of imide groups is 1. The molecule has 8 nitrogen and oxygen atoms in total. The summed E-state index contributed by atoms with van der Waals surface area (Å²) in [5.74, 6) is -0.0528. The molecule has 178 valence electrons. The molecule has 4 amide bonds. The lowest BCUT2D eigenvalue weighted by molar-refractivity contribution is -0.123. The highest BCUT2D eigenvalue weighted by Gasteiger charge is 2.33. The Morgan fingerprint density at radius 3 is 2.43 bits per heavy atom. The van der Waals surface area contributed by atoms with Crippen molar-refractivity contribution in [1.82, 2.24) is 10.2 Å². The van der Waals surface area contributed by atoms with Crippen molar-refractivity contribution in [2.45, 2.75) is 6.54 Å². The van der Waals surface area contributed by atoms with Crippen LogP contribution in [0.5, 0.6) is 11.5 Å². The molecule has 0 aromatic heterocycles. The van der Waals surface area contributed by atoms with Gasteiger partial charge in [0.15, 0.2) is 18.1 Å². The Bertz CT molecular complexity index is 1280. The van der Waals surface area contributed by atoms with Crippen LogP contribution in [0.3, 0.4) is 0 Å². The second kappa shape index (κ2) is 10.9. The summed E-state index contributed by atoms with van der Waals surface area (Å²) in [4.78, 5) is 38.6. The molecule has 3 aromatic rings. The fraction of sp³-hybridized carbons (Fsp3) is 0.115. The van der Waals surface area contributed by atoms with E-state index in [-0.39, 0.29) is 24.8 Å². The molecule has 0 unspecified atom stereocenters. The van der Waals surface area contributed by atoms with Crippen LogP contribution in [0.15, 0.2) is 83.0 Å². The van der Waals surface area contributed by atoms with E-state index in [2.05, 4.69) is 26.6 Å². The van der Waals surface area contributed by atoms with Crippen molar-refractivity contribution in [3.05, 3.63) is 94.1 Å². The van der Waals surface area contributed by atoms with Crippen LogP contribution in [0.4, 0.5) is 10.5 Å². The van der Waals surface area contributed by atoms with Gasteiger partial charge in [-0.25, -0.2) is 4.79 Å². The van der Waals surface area contributed by atoms with Crippen molar-refractivity contribution in [3.8, 4) is 11.5 Å². The van der Waals surface area contributed by atoms with Crippen molar-refractivity contribution in [3.63, 3.8) is 0 Å². The van der Waals surface area contributed by atoms with E-state index >= 15 is 0 Å². The molecule has 1 aliphatic rings. The number of carbonyl (C=O) groups excluding carboxylic acids is 3. The van der Waals surface area contributed by atoms with Gasteiger partial charge in [0.1, 0.15) is 5.70 Å². The zero-order valence-corrected chi connectivity index (χ0v) is 20.4. The average molecular weight is 536 g/mol. The van der Waals surface area contributed by atoms with Gasteiger partial charge in [0.2, 0.25) is 0 Å². The topological polar surface area (TPSA) is 97.0 Å². The second-order valence-electron chi connectivity index (χ2n) is 7.60. The predicted octanol–water partition coefficient (Wildman–Crippen LogP) is 4.57. The molecule has 3 aromatic carbocycles. The largest absolute Gasteiger partial charge is 0.493 e. The number of halogens is 1. The lowest BCUT2D eigenvalue weighted by Crippen LogP contribution is -2.30. The molecule has 4 rings (SSSR count). The van der Waals surface area contributed by atoms with Gasteiger partial charge in [-0.1, -0.05) is 48.5 Å². The number of nitrogens with zero attached hydrogens (tertiary/aromatic N) is 1. The molecule has 0 atom stereocenters. The summed E-state index contributed by atoms with van der Waals surface area (Å²) in [5, 5.41) is 5.36. The van der Waals surface area contributed by atoms with E-state index in [0.29, 0.717) is 27.2 Å². The number of anilines is 1. The minimum atomic E-state index is -0.486. The first-order valence-corrected chi connectivity index (χ1v) is 11.5. The molecule has 0 aliphatic carbocycles. The number of benzene rings is 3. The van der Waals surface area contributed by atoms with E-state index in [1.165, 1.54) is 7.11 Å². The van der Waals surface area contributed by atoms with Crippen LogP contribution >= 0.6 is 15.9 Å². The number of amides is 4. The SMILES string of the molecule is COc1cc(/C=C2/NC(=O)N(Cc3ccccc3)C2=O)cc(Br)c1OCC(=O)Nc1ccccc1. The molecule has 1 aliphatic heterocycles. The maximum Gasteiger partial charge on any atom is 0.329 e. The number of ether oxygens (including phenoxy) is 2. The number of carbonyl (C=O) groups is 3. The fourth-order valence-electron chi connectivity index (χ4n) is 3.47. The summed E-state index contributed by atoms with van der Waals surface area (Å²) in [6.07, 6.45) is 1.56. The first-order chi connectivity index (χ1) is 16.9. The van der Waals surface area contributed by atoms with E-state index in [9.17, 15) is 14.4 Å². The normalized spacial score (nSPS) is 14.1. The van der Waals surface area contributed by atoms with Crippen LogP contribution in [0.1, 0.15) is 11.1 Å². The number of nitrogens with one attached hydrogen (secondary N) is 2. The van der Waals surface area contributed by atoms with E-state index < -0.39 is 11.9 Å². The molecular weight excluding hydrogens is 514 g/mol. The van der Waals surface area contributed by atoms with E-state index in [4.69, 9.17) is 9.47 Å². The van der Waals surface area contributed by atoms with Gasteiger partial charge in [0, 0.05) is 5.69 Å². The summed E-state index contributed by atoms with van der Waals surface area (Å²) >= 11 is 3.44. The van der Waals surface area contributed by atoms with E-state index in [1.54, 1.807) is 30.3 Å². The first-order valence-electron chi connectivity index (χ1n) is 10.7. The highest BCUT2D eigenvalue weighted by Crippen LogP contribution is 2.37. The molecule has 0 bridgehead atoms. The monoisotopic (exact) mass is 535 g/mol. The van der Waals surface area contributed by atoms with Gasteiger partial charge >= 0.3 is 6.03 Å². The Balaban J connectivity index is 1.47. The van der Waals surface area contributed by atoms with Crippen molar-refractivity contribution < 1.29 is 23.9 Å². The van der Waals surface area contributed by atoms with Gasteiger partial charge in [0.25, 0.3) is 11.8 Å². The molecule has 35 heavy (non-hydrogen) atoms. The first kappa shape index (κ1) is 24.0. The van der Waals surface area contributed by atoms with Gasteiger partial charge < -0.3 is 20.1 Å². The van der Waals surface area contributed by atoms with E-state index in [1.807, 2.05) is 48.5 Å². The summed E-state index contributed by atoms with van der Waals surface area (Å²) in [6.45, 7) is -0.0546. The third-order valence-corrected chi connectivity index (χ3v) is 5.70. The van der Waals surface area contributed by atoms with Crippen LogP contribution < -0.4 is 20.1 Å². The second-order valence-corrected chi connectivity index (χ2v) is 8.46. The minimum absolute atomic E-state index is 0.149. The van der Waals surface area contributed by atoms with Crippen LogP contribution in [0.2, 0.25) is 0 Å². The molecule has 9 heteroatoms. The summed E-state index contributed by atoms with van der Waals surface area (Å²) in [5.41, 5.74) is 2.26. The molecule has 2 N–H and O–H groups in total. The Labute approximate surface area is 210 Å². The molecule has 1 saturated heterocycles. The lowest BCUT2D eigenvalue weighted by atomic mass is 10.1. The highest BCUT2D eigenvalue weighted by atomic mass is 79.9. The van der Waals surface area contributed by atoms with E-state index in [0.717, 1.165) is 10.5 Å². The lowest BCUT2D eigenvalue weighted by Gasteiger charge is -2.14. The molecule has 1 fully saturated rings. The summed E-state index contributed by atoms with van der Waals surface area (Å²) < 4.78 is 11.6. The van der Waals surface area contributed by atoms with Gasteiger partial charge in [-0.2, -0.15) is 0 Å². The summed E-state index contributed by atoms with van der Waals surface area (Å²) in [6, 6.07) is 21.2. The van der Waals surface area contributed by atoms with Crippen molar-refractivity contribution in [1.29, 1.82) is 0 Å². The molecule has 0 radical (unpaired) electrons. The zero-order chi connectivity index (χ0) is 24.8. The number of para-hydroxylation sites is 1. The third kappa shape index (κ3) is 5.88. The highest BCUT2D eigenvalue weighted by molar-refractivity contribution is 9.10. The minimum Gasteiger partial charge on any atom is -0.493 e. The number of hydrogen-bond donors (Lipinski definition) is 2. The molecule has 0 spiro atoms. The smallest absolute Gasteiger partial charge is 0.329 e. The zero-order valence-electron chi connectivity index (χ0n) is 18.8. The van der Waals surface area contributed by atoms with Crippen LogP contribution in [-0.4, -0.2) is 36.5 Å². The van der Waals surface area contributed by atoms with Crippen molar-refractivity contribution >= 4 is 45.5 Å². The summed E-state index contributed by atoms with van der Waals surface area (Å²) in [7, 11) is 1.47. The molecular formula is C26H22BrN3O5. The van der Waals surface area contributed by atoms with Crippen molar-refractivity contribution in [2.24, 2.45) is 0 Å². The molecule has 0 saturated carbocycles. The number of methoxy groups -OCH3 is 1. The number of rotatable bonds is 8. The Kier molecular flexibility index (Phi) is 7.47. The predicted molar refractivity (Wildman–Crippen MR) is 135 cm³/mol. The van der Waals surface area contributed by atoms with Crippen molar-refractivity contribution in [2.75, 3.05) is 19.0 Å². The Morgan fingerprint density at radius 1 is 1.06 bits per heavy atom. The Hall–Kier alpha value is -4.11. The average Bonchev–Trinajstić information content (AvgIpc) is 3.11. The maximum atomic E-state index is 12.8. The van der Waals surface area contributed by atoms with Crippen LogP contribution in [0.25, 0.3) is 6.08 Å². The van der Waals surface area contributed by atoms with Gasteiger partial charge in [-0.15, -0.1) is 0 Å². The van der Waals surface area contributed by atoms with Crippen LogP contribution in [0, 0.1) is 0 Å². The number of hydrogen-bond acceptors (Lipinski definition) is 5. The van der Waals surface area contributed by atoms with Crippen LogP contribution in [-0.2, 0) is 16.1 Å². The quantitative estimate of drug-likeness (QED) is 0.325. The maximum absolute atomic E-state index is 12.8. The number of urea groups is 1. The molecule has 1 heterocycles. The standard InChI is InChI=1S/C26H22BrN3O5/c1-34-22-14-18(12-20(27)24(22)35-16-23(31)28-19-10-6-3-7-11-19)13-21-25(32)30(26(33)29-21)15-17-8-4-2-5-9-17/h2-14H,15-16H2,1H3,(H,28,31)(H,29,33)/b21-13+. The van der Waals surface area contributed by atoms with Gasteiger partial charge in [-0.05, 0) is 57.4 Å². The Morgan fingerprint density at radius 2 is 1.74 bits per heavy atom.